The standard InChI is InChI=1S/C21H20N6O2S2/c1-14-11-15(25-29-14)12-31-20-17(3-2-5-22-20)21(28)27-8-6-26(7-9-27)18-16-4-10-30-19(16)24-13-23-18/h2-5,10-11,13H,6-9,12H2,1H3. The quantitative estimate of drug-likeness (QED) is 0.424. The molecule has 5 heterocycles. The van der Waals surface area contributed by atoms with Gasteiger partial charge in [-0.15, -0.1) is 11.3 Å². The number of anilines is 1. The van der Waals surface area contributed by atoms with Crippen molar-refractivity contribution < 1.29 is 9.32 Å². The molecule has 4 aromatic rings. The third kappa shape index (κ3) is 4.13. The molecule has 1 amide bonds. The van der Waals surface area contributed by atoms with Crippen molar-refractivity contribution in [2.75, 3.05) is 31.1 Å². The summed E-state index contributed by atoms with van der Waals surface area (Å²) >= 11 is 3.11. The van der Waals surface area contributed by atoms with Crippen molar-refractivity contribution in [3.05, 3.63) is 59.2 Å². The fourth-order valence-corrected chi connectivity index (χ4v) is 5.21. The highest BCUT2D eigenvalue weighted by Gasteiger charge is 2.26. The van der Waals surface area contributed by atoms with Gasteiger partial charge in [-0.05, 0) is 30.5 Å². The maximum Gasteiger partial charge on any atom is 0.256 e. The fraction of sp³-hybridized carbons (Fsp3) is 0.286. The first kappa shape index (κ1) is 20.0. The van der Waals surface area contributed by atoms with Crippen molar-refractivity contribution in [1.29, 1.82) is 0 Å². The molecule has 1 aliphatic heterocycles. The number of thiophene rings is 1. The number of thioether (sulfide) groups is 1. The molecular weight excluding hydrogens is 432 g/mol. The summed E-state index contributed by atoms with van der Waals surface area (Å²) in [6.07, 6.45) is 3.33. The maximum absolute atomic E-state index is 13.2. The van der Waals surface area contributed by atoms with Crippen LogP contribution in [0.4, 0.5) is 5.82 Å². The van der Waals surface area contributed by atoms with E-state index in [1.165, 1.54) is 11.8 Å². The number of rotatable bonds is 5. The molecule has 5 rings (SSSR count). The van der Waals surface area contributed by atoms with Crippen molar-refractivity contribution in [2.45, 2.75) is 17.7 Å². The Morgan fingerprint density at radius 2 is 2.06 bits per heavy atom. The Kier molecular flexibility index (Phi) is 5.56. The highest BCUT2D eigenvalue weighted by molar-refractivity contribution is 7.98. The molecule has 1 saturated heterocycles. The second-order valence-electron chi connectivity index (χ2n) is 7.19. The van der Waals surface area contributed by atoms with Crippen LogP contribution >= 0.6 is 23.1 Å². The molecule has 0 bridgehead atoms. The highest BCUT2D eigenvalue weighted by atomic mass is 32.2. The molecule has 0 saturated carbocycles. The van der Waals surface area contributed by atoms with Gasteiger partial charge in [-0.25, -0.2) is 15.0 Å². The zero-order chi connectivity index (χ0) is 21.2. The number of aromatic nitrogens is 4. The average Bonchev–Trinajstić information content (AvgIpc) is 3.46. The summed E-state index contributed by atoms with van der Waals surface area (Å²) in [7, 11) is 0. The highest BCUT2D eigenvalue weighted by Crippen LogP contribution is 2.28. The van der Waals surface area contributed by atoms with Gasteiger partial charge in [0.1, 0.15) is 27.8 Å². The lowest BCUT2D eigenvalue weighted by Gasteiger charge is -2.35. The molecule has 1 fully saturated rings. The molecule has 0 N–H and O–H groups in total. The van der Waals surface area contributed by atoms with Gasteiger partial charge in [0.25, 0.3) is 5.91 Å². The van der Waals surface area contributed by atoms with Gasteiger partial charge < -0.3 is 14.3 Å². The van der Waals surface area contributed by atoms with Crippen molar-refractivity contribution in [3.8, 4) is 0 Å². The van der Waals surface area contributed by atoms with Gasteiger partial charge >= 0.3 is 0 Å². The number of carbonyl (C=O) groups is 1. The van der Waals surface area contributed by atoms with Crippen LogP contribution < -0.4 is 4.90 Å². The summed E-state index contributed by atoms with van der Waals surface area (Å²) in [5.74, 6) is 2.33. The number of aryl methyl sites for hydroxylation is 1. The lowest BCUT2D eigenvalue weighted by Crippen LogP contribution is -2.49. The van der Waals surface area contributed by atoms with Crippen LogP contribution in [-0.4, -0.2) is 57.1 Å². The molecule has 10 heteroatoms. The third-order valence-electron chi connectivity index (χ3n) is 5.14. The second kappa shape index (κ2) is 8.64. The lowest BCUT2D eigenvalue weighted by molar-refractivity contribution is 0.0742. The van der Waals surface area contributed by atoms with E-state index in [1.54, 1.807) is 23.9 Å². The molecule has 0 atom stereocenters. The molecular formula is C21H20N6O2S2. The Bertz CT molecular complexity index is 1220. The van der Waals surface area contributed by atoms with Crippen LogP contribution in [0.15, 0.2) is 51.7 Å². The maximum atomic E-state index is 13.2. The summed E-state index contributed by atoms with van der Waals surface area (Å²) in [4.78, 5) is 31.6. The second-order valence-corrected chi connectivity index (χ2v) is 9.05. The van der Waals surface area contributed by atoms with E-state index in [9.17, 15) is 4.79 Å². The molecule has 0 aromatic carbocycles. The van der Waals surface area contributed by atoms with E-state index in [4.69, 9.17) is 4.52 Å². The Hall–Kier alpha value is -2.98. The van der Waals surface area contributed by atoms with E-state index >= 15 is 0 Å². The molecule has 1 aliphatic rings. The van der Waals surface area contributed by atoms with E-state index in [0.717, 1.165) is 40.6 Å². The number of carbonyl (C=O) groups excluding carboxylic acids is 1. The summed E-state index contributed by atoms with van der Waals surface area (Å²) in [5.41, 5.74) is 1.47. The van der Waals surface area contributed by atoms with Gasteiger partial charge in [0.15, 0.2) is 0 Å². The fourth-order valence-electron chi connectivity index (χ4n) is 3.62. The summed E-state index contributed by atoms with van der Waals surface area (Å²) in [5, 5.41) is 7.83. The zero-order valence-corrected chi connectivity index (χ0v) is 18.5. The molecule has 0 radical (unpaired) electrons. The van der Waals surface area contributed by atoms with Gasteiger partial charge in [0.05, 0.1) is 16.6 Å². The smallest absolute Gasteiger partial charge is 0.256 e. The van der Waals surface area contributed by atoms with Crippen LogP contribution in [0.3, 0.4) is 0 Å². The Labute approximate surface area is 187 Å². The number of hydrogen-bond donors (Lipinski definition) is 0. The molecule has 31 heavy (non-hydrogen) atoms. The van der Waals surface area contributed by atoms with Gasteiger partial charge in [-0.3, -0.25) is 4.79 Å². The van der Waals surface area contributed by atoms with E-state index in [0.29, 0.717) is 29.4 Å². The zero-order valence-electron chi connectivity index (χ0n) is 16.9. The summed E-state index contributed by atoms with van der Waals surface area (Å²) < 4.78 is 5.12. The van der Waals surface area contributed by atoms with Crippen LogP contribution in [-0.2, 0) is 5.75 Å². The van der Waals surface area contributed by atoms with E-state index < -0.39 is 0 Å². The van der Waals surface area contributed by atoms with Crippen LogP contribution in [0.25, 0.3) is 10.2 Å². The Morgan fingerprint density at radius 1 is 1.19 bits per heavy atom. The van der Waals surface area contributed by atoms with Crippen molar-refractivity contribution in [2.24, 2.45) is 0 Å². The number of amides is 1. The summed E-state index contributed by atoms with van der Waals surface area (Å²) in [6.45, 7) is 4.59. The minimum absolute atomic E-state index is 0.00921. The Balaban J connectivity index is 1.27. The predicted molar refractivity (Wildman–Crippen MR) is 121 cm³/mol. The van der Waals surface area contributed by atoms with E-state index in [-0.39, 0.29) is 5.91 Å². The van der Waals surface area contributed by atoms with Crippen molar-refractivity contribution >= 4 is 45.0 Å². The minimum atomic E-state index is 0.00921. The monoisotopic (exact) mass is 452 g/mol. The topological polar surface area (TPSA) is 88.3 Å². The number of pyridine rings is 1. The third-order valence-corrected chi connectivity index (χ3v) is 7.00. The minimum Gasteiger partial charge on any atom is -0.361 e. The molecule has 158 valence electrons. The molecule has 8 nitrogen and oxygen atoms in total. The largest absolute Gasteiger partial charge is 0.361 e. The number of nitrogens with zero attached hydrogens (tertiary/aromatic N) is 6. The molecule has 4 aromatic heterocycles. The van der Waals surface area contributed by atoms with Crippen LogP contribution in [0.5, 0.6) is 0 Å². The normalized spacial score (nSPS) is 14.4. The van der Waals surface area contributed by atoms with E-state index in [2.05, 4.69) is 31.1 Å². The van der Waals surface area contributed by atoms with Crippen molar-refractivity contribution in [1.82, 2.24) is 25.0 Å². The average molecular weight is 453 g/mol. The first-order valence-electron chi connectivity index (χ1n) is 9.91. The number of fused-ring (bicyclic) bond motifs is 1. The Morgan fingerprint density at radius 3 is 2.87 bits per heavy atom. The number of piperazine rings is 1. The first-order chi connectivity index (χ1) is 15.2. The predicted octanol–water partition coefficient (Wildman–Crippen LogP) is 3.64. The molecule has 0 aliphatic carbocycles. The SMILES string of the molecule is Cc1cc(CSc2ncccc2C(=O)N2CCN(c3ncnc4sccc34)CC2)no1. The van der Waals surface area contributed by atoms with Gasteiger partial charge in [-0.1, -0.05) is 16.9 Å². The first-order valence-corrected chi connectivity index (χ1v) is 11.8. The van der Waals surface area contributed by atoms with E-state index in [1.807, 2.05) is 35.4 Å². The molecule has 0 unspecified atom stereocenters. The van der Waals surface area contributed by atoms with Gasteiger partial charge in [-0.2, -0.15) is 0 Å². The van der Waals surface area contributed by atoms with Crippen LogP contribution in [0.1, 0.15) is 21.8 Å². The number of hydrogen-bond acceptors (Lipinski definition) is 9. The van der Waals surface area contributed by atoms with Gasteiger partial charge in [0.2, 0.25) is 0 Å². The summed E-state index contributed by atoms with van der Waals surface area (Å²) in [6, 6.07) is 7.61. The van der Waals surface area contributed by atoms with Gasteiger partial charge in [0, 0.05) is 44.2 Å². The van der Waals surface area contributed by atoms with Crippen LogP contribution in [0, 0.1) is 6.92 Å². The van der Waals surface area contributed by atoms with Crippen LogP contribution in [0.2, 0.25) is 0 Å². The lowest BCUT2D eigenvalue weighted by atomic mass is 10.2. The van der Waals surface area contributed by atoms with Crippen molar-refractivity contribution in [3.63, 3.8) is 0 Å². The molecule has 0 spiro atoms.